The number of carbonyl (C=O) groups excluding carboxylic acids is 2. The predicted octanol–water partition coefficient (Wildman–Crippen LogP) is 7.35. The molecule has 0 saturated heterocycles. The molecule has 3 aromatic carbocycles. The Bertz CT molecular complexity index is 2230. The molecule has 0 bridgehead atoms. The third-order valence-corrected chi connectivity index (χ3v) is 7.65. The fourth-order valence-corrected chi connectivity index (χ4v) is 5.10. The van der Waals surface area contributed by atoms with Gasteiger partial charge in [-0.05, 0) is 47.9 Å². The second-order valence-electron chi connectivity index (χ2n) is 11.0. The molecule has 2 aliphatic heterocycles. The normalized spacial score (nSPS) is 14.7. The number of cyclic esters (lactones) is 2. The van der Waals surface area contributed by atoms with Crippen LogP contribution in [0.4, 0.5) is 40.3 Å². The number of H-pyrrole nitrogens is 1. The molecular weight excluding hydrogens is 691 g/mol. The minimum Gasteiger partial charge on any atom is -0.442 e. The molecule has 7 rings (SSSR count). The lowest BCUT2D eigenvalue weighted by Crippen LogP contribution is -2.30. The molecule has 262 valence electrons. The molecule has 0 aliphatic carbocycles. The fraction of sp³-hybridized carbons (Fsp3) is 0.152. The van der Waals surface area contributed by atoms with Crippen molar-refractivity contribution in [1.82, 2.24) is 26.0 Å². The minimum atomic E-state index is -4.67. The molecule has 3 N–H and O–H groups in total. The predicted molar refractivity (Wildman–Crippen MR) is 168 cm³/mol. The van der Waals surface area contributed by atoms with Gasteiger partial charge in [0.15, 0.2) is 0 Å². The van der Waals surface area contributed by atoms with Crippen molar-refractivity contribution in [3.8, 4) is 22.3 Å². The van der Waals surface area contributed by atoms with Gasteiger partial charge in [0, 0.05) is 28.3 Å². The summed E-state index contributed by atoms with van der Waals surface area (Å²) in [6, 6.07) is 13.3. The van der Waals surface area contributed by atoms with Crippen LogP contribution >= 0.6 is 0 Å². The van der Waals surface area contributed by atoms with Crippen molar-refractivity contribution in [1.29, 1.82) is 0 Å². The summed E-state index contributed by atoms with van der Waals surface area (Å²) in [6.07, 6.45) is -7.97. The van der Waals surface area contributed by atoms with E-state index in [0.717, 1.165) is 23.6 Å². The van der Waals surface area contributed by atoms with Crippen LogP contribution in [0.15, 0.2) is 83.3 Å². The monoisotopic (exact) mass is 713 g/mol. The van der Waals surface area contributed by atoms with E-state index in [4.69, 9.17) is 9.47 Å². The summed E-state index contributed by atoms with van der Waals surface area (Å²) < 4.78 is 104. The van der Waals surface area contributed by atoms with Crippen LogP contribution in [0.25, 0.3) is 33.2 Å². The number of nitrogens with zero attached hydrogens (tertiary/aromatic N) is 4. The van der Waals surface area contributed by atoms with Crippen molar-refractivity contribution in [3.05, 3.63) is 107 Å². The fourth-order valence-electron chi connectivity index (χ4n) is 5.10. The third kappa shape index (κ3) is 7.63. The van der Waals surface area contributed by atoms with Crippen molar-refractivity contribution < 1.29 is 49.8 Å². The first kappa shape index (κ1) is 34.5. The first-order valence-electron chi connectivity index (χ1n) is 14.7. The Balaban J connectivity index is 0.000000176. The zero-order chi connectivity index (χ0) is 36.5. The van der Waals surface area contributed by atoms with Crippen LogP contribution in [0.2, 0.25) is 0 Å². The molecule has 18 heteroatoms. The summed E-state index contributed by atoms with van der Waals surface area (Å²) in [6.45, 7) is 0.980. The third-order valence-electron chi connectivity index (χ3n) is 7.65. The van der Waals surface area contributed by atoms with E-state index in [1.165, 1.54) is 37.4 Å². The highest BCUT2D eigenvalue weighted by Crippen LogP contribution is 2.39. The number of hydrogen-bond acceptors (Lipinski definition) is 8. The van der Waals surface area contributed by atoms with Gasteiger partial charge in [0.25, 0.3) is 0 Å². The number of amides is 2. The number of alkyl halides is 6. The van der Waals surface area contributed by atoms with E-state index >= 15 is 0 Å². The molecule has 2 amide bonds. The van der Waals surface area contributed by atoms with Gasteiger partial charge in [0.2, 0.25) is 0 Å². The number of halogens is 7. The van der Waals surface area contributed by atoms with E-state index in [1.807, 2.05) is 5.43 Å². The van der Waals surface area contributed by atoms with Gasteiger partial charge in [0.05, 0.1) is 28.5 Å². The molecule has 0 atom stereocenters. The Morgan fingerprint density at radius 2 is 1.20 bits per heavy atom. The van der Waals surface area contributed by atoms with E-state index in [-0.39, 0.29) is 58.1 Å². The molecule has 0 saturated carbocycles. The number of nitrogens with one attached hydrogen (secondary N) is 3. The van der Waals surface area contributed by atoms with Crippen LogP contribution in [0, 0.1) is 12.7 Å². The highest BCUT2D eigenvalue weighted by molar-refractivity contribution is 6.05. The number of hydrazone groups is 2. The molecular formula is C33H22F7N7O4. The SMILES string of the molecule is Cc1ncc(-c2ccc(C3=NNC(=O)OC3)cc2C(F)(F)F)cc1F.O=C1NN=C(c2ccc(-c3ccc4cn[nH]c4c3)c(C(F)(F)F)c2)CO1. The van der Waals surface area contributed by atoms with Crippen molar-refractivity contribution in [3.63, 3.8) is 0 Å². The largest absolute Gasteiger partial charge is 0.442 e. The van der Waals surface area contributed by atoms with Crippen LogP contribution in [0.3, 0.4) is 0 Å². The van der Waals surface area contributed by atoms with Crippen molar-refractivity contribution in [2.75, 3.05) is 13.2 Å². The lowest BCUT2D eigenvalue weighted by Gasteiger charge is -2.17. The van der Waals surface area contributed by atoms with E-state index in [2.05, 4.69) is 30.8 Å². The van der Waals surface area contributed by atoms with Crippen LogP contribution in [0.1, 0.15) is 27.9 Å². The van der Waals surface area contributed by atoms with Crippen LogP contribution < -0.4 is 10.9 Å². The second kappa shape index (κ2) is 13.5. The van der Waals surface area contributed by atoms with Crippen LogP contribution in [-0.2, 0) is 21.8 Å². The topological polar surface area (TPSA) is 143 Å². The zero-order valence-corrected chi connectivity index (χ0v) is 25.9. The number of fused-ring (bicyclic) bond motifs is 1. The van der Waals surface area contributed by atoms with Crippen molar-refractivity contribution in [2.24, 2.45) is 10.2 Å². The summed E-state index contributed by atoms with van der Waals surface area (Å²) in [4.78, 5) is 25.6. The second-order valence-corrected chi connectivity index (χ2v) is 11.0. The number of pyridine rings is 1. The number of aryl methyl sites for hydroxylation is 1. The van der Waals surface area contributed by atoms with E-state index in [0.29, 0.717) is 11.1 Å². The van der Waals surface area contributed by atoms with Crippen molar-refractivity contribution in [2.45, 2.75) is 19.3 Å². The quantitative estimate of drug-likeness (QED) is 0.166. The van der Waals surface area contributed by atoms with E-state index in [9.17, 15) is 40.3 Å². The van der Waals surface area contributed by atoms with Gasteiger partial charge < -0.3 is 9.47 Å². The number of ether oxygens (including phenoxy) is 2. The maximum absolute atomic E-state index is 13.7. The molecule has 51 heavy (non-hydrogen) atoms. The minimum absolute atomic E-state index is 0.0112. The summed E-state index contributed by atoms with van der Waals surface area (Å²) in [7, 11) is 0. The molecule has 2 aromatic heterocycles. The highest BCUT2D eigenvalue weighted by atomic mass is 19.4. The number of hydrogen-bond donors (Lipinski definition) is 3. The molecule has 0 unspecified atom stereocenters. The van der Waals surface area contributed by atoms with Gasteiger partial charge in [-0.1, -0.05) is 36.4 Å². The van der Waals surface area contributed by atoms with Gasteiger partial charge in [0.1, 0.15) is 30.5 Å². The summed E-state index contributed by atoms with van der Waals surface area (Å²) in [5.74, 6) is -0.692. The smallest absolute Gasteiger partial charge is 0.428 e. The van der Waals surface area contributed by atoms with Crippen molar-refractivity contribution >= 4 is 34.5 Å². The molecule has 0 spiro atoms. The molecule has 11 nitrogen and oxygen atoms in total. The number of carbonyl (C=O) groups is 2. The van der Waals surface area contributed by atoms with E-state index < -0.39 is 41.5 Å². The Morgan fingerprint density at radius 1 is 0.667 bits per heavy atom. The average molecular weight is 714 g/mol. The molecule has 2 aliphatic rings. The summed E-state index contributed by atoms with van der Waals surface area (Å²) in [5.41, 5.74) is 4.08. The molecule has 0 fully saturated rings. The van der Waals surface area contributed by atoms with Gasteiger partial charge in [-0.2, -0.15) is 41.6 Å². The number of aromatic amines is 1. The standard InChI is InChI=1S/C17H11F3N4O2.C16H11F4N3O2/c18-17(19,20)13-5-10(15-8-26-16(25)24-23-15)3-4-12(13)9-1-2-11-7-21-22-14(11)6-9;1-8-13(17)5-10(6-21-8)11-3-2-9(4-12(11)16(18,19)20)14-7-25-15(24)23-22-14/h1-7H,8H2,(H,21,22)(H,24,25);2-6H,7H2,1H3,(H,23,24). The molecule has 0 radical (unpaired) electrons. The number of aromatic nitrogens is 3. The summed E-state index contributed by atoms with van der Waals surface area (Å²) in [5, 5.41) is 14.9. The van der Waals surface area contributed by atoms with Gasteiger partial charge in [-0.3, -0.25) is 10.1 Å². The molecule has 4 heterocycles. The first-order valence-corrected chi connectivity index (χ1v) is 14.7. The highest BCUT2D eigenvalue weighted by Gasteiger charge is 2.36. The van der Waals surface area contributed by atoms with Gasteiger partial charge >= 0.3 is 24.5 Å². The Morgan fingerprint density at radius 3 is 1.69 bits per heavy atom. The van der Waals surface area contributed by atoms with Gasteiger partial charge in [-0.15, -0.1) is 0 Å². The average Bonchev–Trinajstić information content (AvgIpc) is 3.58. The Kier molecular flexibility index (Phi) is 9.16. The number of rotatable bonds is 4. The maximum Gasteiger partial charge on any atom is 0.428 e. The molecule has 5 aromatic rings. The lowest BCUT2D eigenvalue weighted by atomic mass is 9.95. The first-order chi connectivity index (χ1) is 24.2. The van der Waals surface area contributed by atoms with Gasteiger partial charge in [-0.25, -0.2) is 24.8 Å². The van der Waals surface area contributed by atoms with Crippen LogP contribution in [0.5, 0.6) is 0 Å². The maximum atomic E-state index is 13.7. The number of benzene rings is 3. The van der Waals surface area contributed by atoms with E-state index in [1.54, 1.807) is 24.4 Å². The van der Waals surface area contributed by atoms with Crippen LogP contribution in [-0.4, -0.2) is 52.0 Å². The Hall–Kier alpha value is -6.33. The zero-order valence-electron chi connectivity index (χ0n) is 25.9. The summed E-state index contributed by atoms with van der Waals surface area (Å²) >= 11 is 0. The lowest BCUT2D eigenvalue weighted by molar-refractivity contribution is -0.137. The Labute approximate surface area is 282 Å².